The molecule has 240 valence electrons. The second-order valence-corrected chi connectivity index (χ2v) is 12.2. The number of nitrogens with one attached hydrogen (secondary N) is 1. The van der Waals surface area contributed by atoms with Crippen LogP contribution in [0.1, 0.15) is 28.7 Å². The molecule has 0 saturated carbocycles. The minimum atomic E-state index is -0.388. The number of carbonyl (C=O) groups is 2. The highest BCUT2D eigenvalue weighted by atomic mass is 32.2. The summed E-state index contributed by atoms with van der Waals surface area (Å²) in [6.07, 6.45) is 0.526. The van der Waals surface area contributed by atoms with Crippen molar-refractivity contribution in [2.75, 3.05) is 26.6 Å². The van der Waals surface area contributed by atoms with Crippen molar-refractivity contribution >= 4 is 40.6 Å². The molecule has 5 aromatic rings. The molecule has 2 amide bonds. The predicted octanol–water partition coefficient (Wildman–Crippen LogP) is 5.51. The summed E-state index contributed by atoms with van der Waals surface area (Å²) in [6, 6.07) is 27.9. The van der Waals surface area contributed by atoms with Gasteiger partial charge in [0.1, 0.15) is 5.75 Å². The van der Waals surface area contributed by atoms with Crippen LogP contribution in [0.25, 0.3) is 5.69 Å². The van der Waals surface area contributed by atoms with Crippen molar-refractivity contribution < 1.29 is 23.8 Å². The highest BCUT2D eigenvalue weighted by molar-refractivity contribution is 7.99. The third-order valence-electron chi connectivity index (χ3n) is 7.36. The van der Waals surface area contributed by atoms with E-state index in [1.807, 2.05) is 88.8 Å². The van der Waals surface area contributed by atoms with E-state index >= 15 is 0 Å². The van der Waals surface area contributed by atoms with Gasteiger partial charge in [-0.25, -0.2) is 5.01 Å². The monoisotopic (exact) mass is 668 g/mol. The van der Waals surface area contributed by atoms with Gasteiger partial charge in [-0.05, 0) is 41.8 Å². The van der Waals surface area contributed by atoms with Crippen LogP contribution in [0.4, 0.5) is 0 Å². The molecule has 0 fully saturated rings. The first-order chi connectivity index (χ1) is 23.1. The molecular formula is C34H32N6O5S2. The number of aromatic nitrogens is 3. The number of hydrogen-bond donors (Lipinski definition) is 1. The molecule has 0 bridgehead atoms. The molecule has 6 rings (SSSR count). The van der Waals surface area contributed by atoms with Crippen LogP contribution in [0.15, 0.2) is 107 Å². The maximum absolute atomic E-state index is 13.9. The zero-order valence-electron chi connectivity index (χ0n) is 25.7. The van der Waals surface area contributed by atoms with Crippen LogP contribution in [0, 0.1) is 0 Å². The first kappa shape index (κ1) is 31.8. The second kappa shape index (κ2) is 15.0. The summed E-state index contributed by atoms with van der Waals surface area (Å²) in [7, 11) is 3.18. The zero-order chi connectivity index (χ0) is 32.6. The van der Waals surface area contributed by atoms with Gasteiger partial charge in [-0.3, -0.25) is 14.2 Å². The van der Waals surface area contributed by atoms with Crippen molar-refractivity contribution in [3.8, 4) is 22.9 Å². The van der Waals surface area contributed by atoms with E-state index < -0.39 is 0 Å². The number of hydrazone groups is 1. The van der Waals surface area contributed by atoms with Crippen LogP contribution in [0.3, 0.4) is 0 Å². The third kappa shape index (κ3) is 7.31. The molecule has 1 aliphatic rings. The molecule has 11 nitrogen and oxygen atoms in total. The van der Waals surface area contributed by atoms with Crippen molar-refractivity contribution in [3.63, 3.8) is 0 Å². The van der Waals surface area contributed by atoms with E-state index in [2.05, 4.69) is 15.5 Å². The standard InChI is InChI=1S/C34H32N6O5S2/c1-43-28-16-9-15-25(33(28)44-2)27-19-26(29-17-10-18-46-29)38-40(27)32(42)22-47-34-37-36-30(39(34)23-11-5-3-6-12-23)20-35-31(41)21-45-24-13-7-4-8-14-24/h3-18,27H,19-22H2,1-2H3,(H,35,41). The quantitative estimate of drug-likeness (QED) is 0.163. The lowest BCUT2D eigenvalue weighted by molar-refractivity contribution is -0.130. The SMILES string of the molecule is COc1cccc(C2CC(c3cccs3)=NN2C(=O)CSc2nnc(CNC(=O)COc3ccccc3)n2-c2ccccc2)c1OC. The highest BCUT2D eigenvalue weighted by Crippen LogP contribution is 2.42. The van der Waals surface area contributed by atoms with Gasteiger partial charge in [0, 0.05) is 17.7 Å². The first-order valence-electron chi connectivity index (χ1n) is 14.8. The number of rotatable bonds is 13. The zero-order valence-corrected chi connectivity index (χ0v) is 27.4. The summed E-state index contributed by atoms with van der Waals surface area (Å²) in [5, 5.41) is 20.5. The Bertz CT molecular complexity index is 1850. The Morgan fingerprint density at radius 1 is 0.936 bits per heavy atom. The average Bonchev–Trinajstić information content (AvgIpc) is 3.89. The molecule has 0 radical (unpaired) electrons. The number of hydrogen-bond acceptors (Lipinski definition) is 10. The molecule has 3 aromatic carbocycles. The fraction of sp³-hybridized carbons (Fsp3) is 0.206. The summed E-state index contributed by atoms with van der Waals surface area (Å²) in [5.41, 5.74) is 2.44. The van der Waals surface area contributed by atoms with E-state index in [9.17, 15) is 9.59 Å². The van der Waals surface area contributed by atoms with E-state index in [1.54, 1.807) is 37.7 Å². The molecule has 0 aliphatic carbocycles. The summed E-state index contributed by atoms with van der Waals surface area (Å²) in [5.74, 6) is 1.82. The number of thioether (sulfide) groups is 1. The maximum atomic E-state index is 13.9. The molecule has 0 saturated heterocycles. The molecule has 47 heavy (non-hydrogen) atoms. The molecule has 2 aromatic heterocycles. The van der Waals surface area contributed by atoms with Gasteiger partial charge in [-0.2, -0.15) is 5.10 Å². The first-order valence-corrected chi connectivity index (χ1v) is 16.6. The van der Waals surface area contributed by atoms with Crippen molar-refractivity contribution in [3.05, 3.63) is 113 Å². The maximum Gasteiger partial charge on any atom is 0.258 e. The Morgan fingerprint density at radius 3 is 2.45 bits per heavy atom. The number of carbonyl (C=O) groups excluding carboxylic acids is 2. The van der Waals surface area contributed by atoms with Gasteiger partial charge in [0.15, 0.2) is 29.1 Å². The largest absolute Gasteiger partial charge is 0.493 e. The number of para-hydroxylation sites is 3. The molecule has 13 heteroatoms. The van der Waals surface area contributed by atoms with E-state index in [1.165, 1.54) is 16.8 Å². The van der Waals surface area contributed by atoms with Crippen LogP contribution in [-0.4, -0.2) is 63.9 Å². The topological polar surface area (TPSA) is 120 Å². The van der Waals surface area contributed by atoms with Gasteiger partial charge in [-0.1, -0.05) is 66.4 Å². The molecule has 1 N–H and O–H groups in total. The molecule has 3 heterocycles. The van der Waals surface area contributed by atoms with Gasteiger partial charge >= 0.3 is 0 Å². The minimum Gasteiger partial charge on any atom is -0.493 e. The number of methoxy groups -OCH3 is 2. The predicted molar refractivity (Wildman–Crippen MR) is 180 cm³/mol. The summed E-state index contributed by atoms with van der Waals surface area (Å²) in [6.45, 7) is -0.0195. The van der Waals surface area contributed by atoms with Gasteiger partial charge in [0.05, 0.1) is 43.1 Å². The lowest BCUT2D eigenvalue weighted by Gasteiger charge is -2.24. The smallest absolute Gasteiger partial charge is 0.258 e. The summed E-state index contributed by atoms with van der Waals surface area (Å²) >= 11 is 2.83. The summed E-state index contributed by atoms with van der Waals surface area (Å²) in [4.78, 5) is 27.5. The van der Waals surface area contributed by atoms with Gasteiger partial charge in [-0.15, -0.1) is 21.5 Å². The normalized spacial score (nSPS) is 14.0. The van der Waals surface area contributed by atoms with E-state index in [-0.39, 0.29) is 36.8 Å². The number of nitrogens with zero attached hydrogens (tertiary/aromatic N) is 5. The van der Waals surface area contributed by atoms with E-state index in [0.717, 1.165) is 21.8 Å². The van der Waals surface area contributed by atoms with Crippen LogP contribution in [0.5, 0.6) is 17.2 Å². The Hall–Kier alpha value is -5.14. The van der Waals surface area contributed by atoms with Crippen LogP contribution in [-0.2, 0) is 16.1 Å². The Kier molecular flexibility index (Phi) is 10.1. The lowest BCUT2D eigenvalue weighted by Crippen LogP contribution is -2.29. The average molecular weight is 669 g/mol. The molecule has 1 atom stereocenters. The van der Waals surface area contributed by atoms with Crippen LogP contribution >= 0.6 is 23.1 Å². The number of benzene rings is 3. The van der Waals surface area contributed by atoms with Crippen molar-refractivity contribution in [1.29, 1.82) is 0 Å². The van der Waals surface area contributed by atoms with Gasteiger partial charge < -0.3 is 19.5 Å². The fourth-order valence-electron chi connectivity index (χ4n) is 5.18. The van der Waals surface area contributed by atoms with Crippen LogP contribution in [0.2, 0.25) is 0 Å². The molecular weight excluding hydrogens is 637 g/mol. The summed E-state index contributed by atoms with van der Waals surface area (Å²) < 4.78 is 18.7. The minimum absolute atomic E-state index is 0.0479. The Balaban J connectivity index is 1.20. The Morgan fingerprint density at radius 2 is 1.72 bits per heavy atom. The van der Waals surface area contributed by atoms with Gasteiger partial charge in [0.2, 0.25) is 0 Å². The highest BCUT2D eigenvalue weighted by Gasteiger charge is 2.36. The Labute approximate surface area is 280 Å². The number of ether oxygens (including phenoxy) is 3. The van der Waals surface area contributed by atoms with E-state index in [4.69, 9.17) is 19.3 Å². The number of thiophene rings is 1. The molecule has 0 spiro atoms. The molecule has 1 unspecified atom stereocenters. The molecule has 1 aliphatic heterocycles. The van der Waals surface area contributed by atoms with Crippen LogP contribution < -0.4 is 19.5 Å². The van der Waals surface area contributed by atoms with E-state index in [0.29, 0.717) is 34.7 Å². The number of amides is 2. The fourth-order valence-corrected chi connectivity index (χ4v) is 6.72. The second-order valence-electron chi connectivity index (χ2n) is 10.3. The lowest BCUT2D eigenvalue weighted by atomic mass is 9.99. The van der Waals surface area contributed by atoms with Crippen molar-refractivity contribution in [2.45, 2.75) is 24.2 Å². The van der Waals surface area contributed by atoms with Crippen molar-refractivity contribution in [1.82, 2.24) is 25.1 Å². The third-order valence-corrected chi connectivity index (χ3v) is 9.19. The van der Waals surface area contributed by atoms with Gasteiger partial charge in [0.25, 0.3) is 11.8 Å². The van der Waals surface area contributed by atoms with Crippen molar-refractivity contribution in [2.24, 2.45) is 5.10 Å².